The van der Waals surface area contributed by atoms with Crippen molar-refractivity contribution in [3.8, 4) is 21.9 Å². The number of thiophene rings is 1. The van der Waals surface area contributed by atoms with Gasteiger partial charge in [0, 0.05) is 28.4 Å². The van der Waals surface area contributed by atoms with Gasteiger partial charge in [-0.15, -0.1) is 11.3 Å². The number of carbonyl (C=O) groups is 1. The van der Waals surface area contributed by atoms with E-state index in [2.05, 4.69) is 9.97 Å². The van der Waals surface area contributed by atoms with E-state index in [1.165, 1.54) is 11.3 Å². The Balaban J connectivity index is 1.50. The first-order valence-corrected chi connectivity index (χ1v) is 12.1. The van der Waals surface area contributed by atoms with Crippen LogP contribution in [0.4, 0.5) is 5.82 Å². The molecule has 176 valence electrons. The molecule has 1 atom stereocenters. The van der Waals surface area contributed by atoms with Crippen molar-refractivity contribution in [1.29, 1.82) is 0 Å². The van der Waals surface area contributed by atoms with Crippen molar-refractivity contribution < 1.29 is 9.53 Å². The molecule has 7 nitrogen and oxygen atoms in total. The number of primary amides is 1. The summed E-state index contributed by atoms with van der Waals surface area (Å²) in [5.74, 6) is 0.372. The third-order valence-electron chi connectivity index (χ3n) is 5.79. The van der Waals surface area contributed by atoms with E-state index >= 15 is 0 Å². The Morgan fingerprint density at radius 3 is 2.66 bits per heavy atom. The molecule has 4 N–H and O–H groups in total. The zero-order chi connectivity index (χ0) is 24.7. The largest absolute Gasteiger partial charge is 0.484 e. The maximum absolute atomic E-state index is 12.2. The Morgan fingerprint density at radius 1 is 1.11 bits per heavy atom. The lowest BCUT2D eigenvalue weighted by Gasteiger charge is -2.16. The summed E-state index contributed by atoms with van der Waals surface area (Å²) in [6, 6.07) is 17.2. The number of amides is 1. The van der Waals surface area contributed by atoms with Gasteiger partial charge in [-0.2, -0.15) is 0 Å². The predicted octanol–water partition coefficient (Wildman–Crippen LogP) is 5.93. The number of nitrogen functional groups attached to an aromatic ring is 1. The Kier molecular flexibility index (Phi) is 5.92. The van der Waals surface area contributed by atoms with Gasteiger partial charge in [0.05, 0.1) is 11.0 Å². The molecule has 0 spiro atoms. The highest BCUT2D eigenvalue weighted by Gasteiger charge is 2.21. The van der Waals surface area contributed by atoms with Crippen LogP contribution < -0.4 is 16.2 Å². The Hall–Kier alpha value is -3.88. The van der Waals surface area contributed by atoms with Crippen molar-refractivity contribution in [1.82, 2.24) is 14.5 Å². The Bertz CT molecular complexity index is 1580. The number of hydrogen-bond acceptors (Lipinski definition) is 6. The zero-order valence-corrected chi connectivity index (χ0v) is 20.6. The summed E-state index contributed by atoms with van der Waals surface area (Å²) in [7, 11) is 0. The van der Waals surface area contributed by atoms with Gasteiger partial charge < -0.3 is 16.2 Å². The monoisotopic (exact) mass is 503 g/mol. The number of hydrogen-bond donors (Lipinski definition) is 2. The van der Waals surface area contributed by atoms with Crippen LogP contribution in [0.15, 0.2) is 67.1 Å². The third-order valence-corrected chi connectivity index (χ3v) is 7.27. The first-order valence-electron chi connectivity index (χ1n) is 10.9. The fraction of sp³-hybridized carbons (Fsp3) is 0.115. The van der Waals surface area contributed by atoms with Crippen molar-refractivity contribution in [2.75, 3.05) is 5.73 Å². The Morgan fingerprint density at radius 2 is 1.91 bits per heavy atom. The number of imidazole rings is 1. The van der Waals surface area contributed by atoms with Gasteiger partial charge in [-0.3, -0.25) is 9.36 Å². The fourth-order valence-electron chi connectivity index (χ4n) is 3.91. The summed E-state index contributed by atoms with van der Waals surface area (Å²) < 4.78 is 8.05. The molecule has 5 aromatic rings. The number of anilines is 1. The highest BCUT2D eigenvalue weighted by molar-refractivity contribution is 7.16. The highest BCUT2D eigenvalue weighted by atomic mass is 35.5. The van der Waals surface area contributed by atoms with Crippen molar-refractivity contribution in [2.24, 2.45) is 5.73 Å². The van der Waals surface area contributed by atoms with Gasteiger partial charge in [-0.1, -0.05) is 35.9 Å². The van der Waals surface area contributed by atoms with Crippen LogP contribution in [0.5, 0.6) is 5.75 Å². The minimum Gasteiger partial charge on any atom is -0.484 e. The average molecular weight is 504 g/mol. The number of fused-ring (bicyclic) bond motifs is 1. The predicted molar refractivity (Wildman–Crippen MR) is 140 cm³/mol. The topological polar surface area (TPSA) is 109 Å². The average Bonchev–Trinajstić information content (AvgIpc) is 3.44. The molecule has 0 saturated carbocycles. The van der Waals surface area contributed by atoms with Crippen LogP contribution >= 0.6 is 22.9 Å². The second-order valence-corrected chi connectivity index (χ2v) is 9.61. The summed E-state index contributed by atoms with van der Waals surface area (Å²) in [6.07, 6.45) is 3.10. The molecule has 3 heterocycles. The van der Waals surface area contributed by atoms with Gasteiger partial charge in [0.25, 0.3) is 5.91 Å². The van der Waals surface area contributed by atoms with E-state index in [9.17, 15) is 4.79 Å². The van der Waals surface area contributed by atoms with E-state index in [4.69, 9.17) is 27.8 Å². The molecule has 0 aliphatic carbocycles. The van der Waals surface area contributed by atoms with E-state index in [0.29, 0.717) is 21.5 Å². The number of rotatable bonds is 6. The Labute approximate surface area is 211 Å². The van der Waals surface area contributed by atoms with Crippen LogP contribution in [-0.2, 0) is 0 Å². The molecule has 0 aliphatic rings. The van der Waals surface area contributed by atoms with Gasteiger partial charge >= 0.3 is 0 Å². The molecule has 0 saturated heterocycles. The van der Waals surface area contributed by atoms with Crippen molar-refractivity contribution in [2.45, 2.75) is 20.0 Å². The van der Waals surface area contributed by atoms with Gasteiger partial charge in [0.15, 0.2) is 0 Å². The van der Waals surface area contributed by atoms with Crippen LogP contribution in [0.2, 0.25) is 5.02 Å². The minimum atomic E-state index is -0.555. The lowest BCUT2D eigenvalue weighted by molar-refractivity contribution is 0.0998. The smallest absolute Gasteiger partial charge is 0.262 e. The number of pyridine rings is 1. The van der Waals surface area contributed by atoms with E-state index < -0.39 is 5.91 Å². The molecule has 5 rings (SSSR count). The quantitative estimate of drug-likeness (QED) is 0.298. The maximum atomic E-state index is 12.2. The highest BCUT2D eigenvalue weighted by Crippen LogP contribution is 2.37. The molecule has 1 amide bonds. The van der Waals surface area contributed by atoms with Crippen LogP contribution in [-0.4, -0.2) is 20.4 Å². The maximum Gasteiger partial charge on any atom is 0.262 e. The third kappa shape index (κ3) is 4.34. The lowest BCUT2D eigenvalue weighted by atomic mass is 10.1. The van der Waals surface area contributed by atoms with Crippen molar-refractivity contribution in [3.63, 3.8) is 0 Å². The number of ether oxygens (including phenoxy) is 1. The first kappa shape index (κ1) is 22.9. The summed E-state index contributed by atoms with van der Waals surface area (Å²) in [5, 5.41) is 1.36. The minimum absolute atomic E-state index is 0.334. The number of halogens is 1. The molecular weight excluding hydrogens is 482 g/mol. The number of aromatic nitrogens is 3. The molecule has 0 unspecified atom stereocenters. The van der Waals surface area contributed by atoms with E-state index in [1.54, 1.807) is 24.7 Å². The summed E-state index contributed by atoms with van der Waals surface area (Å²) in [4.78, 5) is 21.4. The van der Waals surface area contributed by atoms with Gasteiger partial charge in [0.2, 0.25) is 0 Å². The normalized spacial score (nSPS) is 12.1. The summed E-state index contributed by atoms with van der Waals surface area (Å²) >= 11 is 7.57. The second-order valence-electron chi connectivity index (χ2n) is 8.17. The molecular formula is C26H22ClN5O2S. The first-order chi connectivity index (χ1) is 16.8. The van der Waals surface area contributed by atoms with Crippen LogP contribution in [0.1, 0.15) is 33.8 Å². The van der Waals surface area contributed by atoms with Gasteiger partial charge in [-0.25, -0.2) is 9.97 Å². The second kappa shape index (κ2) is 9.05. The molecule has 0 radical (unpaired) electrons. The number of carbonyl (C=O) groups excluding carboxylic acids is 1. The van der Waals surface area contributed by atoms with E-state index in [-0.39, 0.29) is 6.10 Å². The molecule has 0 aliphatic heterocycles. The molecule has 2 aromatic carbocycles. The van der Waals surface area contributed by atoms with Crippen LogP contribution in [0, 0.1) is 6.92 Å². The van der Waals surface area contributed by atoms with Gasteiger partial charge in [0.1, 0.15) is 33.9 Å². The number of nitrogens with two attached hydrogens (primary N) is 2. The molecule has 0 bridgehead atoms. The standard InChI is InChI=1S/C26H22ClN5O2S/c1-14-9-17(12-30-25(14)28)16-7-8-21-20(10-16)31-13-32(21)23-11-22(24(35-23)26(29)33)34-15(2)18-5-3-4-6-19(18)27/h3-13,15H,1-2H3,(H2,28,30)(H2,29,33)/t15-/m1/s1. The molecule has 0 fully saturated rings. The zero-order valence-electron chi connectivity index (χ0n) is 19.0. The lowest BCUT2D eigenvalue weighted by Crippen LogP contribution is -2.12. The van der Waals surface area contributed by atoms with Crippen LogP contribution in [0.25, 0.3) is 27.2 Å². The summed E-state index contributed by atoms with van der Waals surface area (Å²) in [5.41, 5.74) is 16.9. The summed E-state index contributed by atoms with van der Waals surface area (Å²) in [6.45, 7) is 3.81. The SMILES string of the molecule is Cc1cc(-c2ccc3c(c2)ncn3-c2cc(O[C@H](C)c3ccccc3Cl)c(C(N)=O)s2)cnc1N. The van der Waals surface area contributed by atoms with Crippen molar-refractivity contribution >= 4 is 45.7 Å². The fourth-order valence-corrected chi connectivity index (χ4v) is 5.13. The number of nitrogens with zero attached hydrogens (tertiary/aromatic N) is 3. The number of benzene rings is 2. The van der Waals surface area contributed by atoms with E-state index in [0.717, 1.165) is 38.3 Å². The van der Waals surface area contributed by atoms with Crippen molar-refractivity contribution in [3.05, 3.63) is 88.1 Å². The number of aryl methyl sites for hydroxylation is 1. The molecule has 9 heteroatoms. The molecule has 35 heavy (non-hydrogen) atoms. The van der Waals surface area contributed by atoms with Gasteiger partial charge in [-0.05, 0) is 49.2 Å². The molecule has 3 aromatic heterocycles. The van der Waals surface area contributed by atoms with E-state index in [1.807, 2.05) is 60.9 Å². The van der Waals surface area contributed by atoms with Crippen LogP contribution in [0.3, 0.4) is 0 Å².